The van der Waals surface area contributed by atoms with Gasteiger partial charge < -0.3 is 10.6 Å². The van der Waals surface area contributed by atoms with Gasteiger partial charge in [0, 0.05) is 5.54 Å². The Hall–Kier alpha value is -0.0800. The van der Waals surface area contributed by atoms with Crippen LogP contribution in [0.25, 0.3) is 0 Å². The van der Waals surface area contributed by atoms with Crippen molar-refractivity contribution < 1.29 is 0 Å². The van der Waals surface area contributed by atoms with E-state index in [0.717, 1.165) is 18.4 Å². The lowest BCUT2D eigenvalue weighted by Crippen LogP contribution is -2.49. The molecule has 0 spiro atoms. The van der Waals surface area contributed by atoms with Crippen LogP contribution in [0.5, 0.6) is 0 Å². The van der Waals surface area contributed by atoms with E-state index in [0.29, 0.717) is 0 Å². The van der Waals surface area contributed by atoms with Crippen LogP contribution in [0.2, 0.25) is 0 Å². The predicted octanol–water partition coefficient (Wildman–Crippen LogP) is 1.23. The Morgan fingerprint density at radius 1 is 1.42 bits per heavy atom. The molecule has 1 unspecified atom stereocenters. The number of hydrogen-bond donors (Lipinski definition) is 2. The molecule has 0 bridgehead atoms. The minimum Gasteiger partial charge on any atom is -0.316 e. The summed E-state index contributed by atoms with van der Waals surface area (Å²) in [4.78, 5) is 0. The zero-order valence-corrected chi connectivity index (χ0v) is 8.78. The SMILES string of the molecule is CC(CNC(C)(C)C)C1CNC1. The standard InChI is InChI=1S/C10H22N2/c1-8(9-6-11-7-9)5-12-10(2,3)4/h8-9,11-12H,5-7H2,1-4H3. The molecule has 1 aliphatic heterocycles. The van der Waals surface area contributed by atoms with Crippen molar-refractivity contribution in [1.82, 2.24) is 10.6 Å². The molecule has 0 aromatic rings. The third kappa shape index (κ3) is 3.11. The van der Waals surface area contributed by atoms with Gasteiger partial charge in [-0.15, -0.1) is 0 Å². The lowest BCUT2D eigenvalue weighted by atomic mass is 9.88. The van der Waals surface area contributed by atoms with Crippen LogP contribution < -0.4 is 10.6 Å². The van der Waals surface area contributed by atoms with E-state index in [9.17, 15) is 0 Å². The fraction of sp³-hybridized carbons (Fsp3) is 1.00. The van der Waals surface area contributed by atoms with E-state index >= 15 is 0 Å². The zero-order chi connectivity index (χ0) is 9.19. The van der Waals surface area contributed by atoms with Gasteiger partial charge in [0.1, 0.15) is 0 Å². The highest BCUT2D eigenvalue weighted by molar-refractivity contribution is 4.82. The van der Waals surface area contributed by atoms with Crippen molar-refractivity contribution in [3.8, 4) is 0 Å². The molecule has 0 saturated carbocycles. The molecule has 0 aliphatic carbocycles. The molecule has 0 radical (unpaired) electrons. The Bertz CT molecular complexity index is 133. The van der Waals surface area contributed by atoms with Gasteiger partial charge in [-0.3, -0.25) is 0 Å². The van der Waals surface area contributed by atoms with Gasteiger partial charge in [0.2, 0.25) is 0 Å². The summed E-state index contributed by atoms with van der Waals surface area (Å²) in [5, 5.41) is 6.85. The summed E-state index contributed by atoms with van der Waals surface area (Å²) in [5.41, 5.74) is 0.269. The molecule has 0 amide bonds. The lowest BCUT2D eigenvalue weighted by Gasteiger charge is -2.34. The third-order valence-corrected chi connectivity index (χ3v) is 2.57. The first-order chi connectivity index (χ1) is 5.49. The van der Waals surface area contributed by atoms with Gasteiger partial charge in [-0.1, -0.05) is 6.92 Å². The topological polar surface area (TPSA) is 24.1 Å². The Kier molecular flexibility index (Phi) is 3.13. The molecule has 2 N–H and O–H groups in total. The number of hydrogen-bond acceptors (Lipinski definition) is 2. The average molecular weight is 170 g/mol. The van der Waals surface area contributed by atoms with Crippen LogP contribution in [-0.4, -0.2) is 25.2 Å². The Labute approximate surface area is 76.1 Å². The van der Waals surface area contributed by atoms with Crippen LogP contribution >= 0.6 is 0 Å². The van der Waals surface area contributed by atoms with Gasteiger partial charge in [-0.05, 0) is 52.2 Å². The van der Waals surface area contributed by atoms with Gasteiger partial charge in [0.25, 0.3) is 0 Å². The smallest absolute Gasteiger partial charge is 0.00966 e. The molecule has 1 rings (SSSR count). The van der Waals surface area contributed by atoms with Crippen LogP contribution in [0.4, 0.5) is 0 Å². The average Bonchev–Trinajstić information content (AvgIpc) is 1.78. The summed E-state index contributed by atoms with van der Waals surface area (Å²) >= 11 is 0. The summed E-state index contributed by atoms with van der Waals surface area (Å²) in [6, 6.07) is 0. The maximum atomic E-state index is 3.54. The fourth-order valence-electron chi connectivity index (χ4n) is 1.35. The minimum absolute atomic E-state index is 0.269. The van der Waals surface area contributed by atoms with Crippen molar-refractivity contribution in [2.75, 3.05) is 19.6 Å². The van der Waals surface area contributed by atoms with E-state index in [2.05, 4.69) is 38.3 Å². The second-order valence-corrected chi connectivity index (χ2v) is 5.03. The van der Waals surface area contributed by atoms with Crippen LogP contribution in [0.3, 0.4) is 0 Å². The first-order valence-electron chi connectivity index (χ1n) is 4.95. The maximum absolute atomic E-state index is 3.54. The summed E-state index contributed by atoms with van der Waals surface area (Å²) in [6.45, 7) is 12.6. The number of rotatable bonds is 3. The van der Waals surface area contributed by atoms with Crippen LogP contribution in [-0.2, 0) is 0 Å². The molecule has 0 aromatic carbocycles. The van der Waals surface area contributed by atoms with Crippen molar-refractivity contribution in [3.05, 3.63) is 0 Å². The molecule has 0 aromatic heterocycles. The van der Waals surface area contributed by atoms with Gasteiger partial charge in [0.15, 0.2) is 0 Å². The first kappa shape index (κ1) is 10.0. The maximum Gasteiger partial charge on any atom is 0.00966 e. The molecule has 2 nitrogen and oxygen atoms in total. The highest BCUT2D eigenvalue weighted by atomic mass is 15.0. The second-order valence-electron chi connectivity index (χ2n) is 5.03. The molecule has 2 heteroatoms. The molecule has 12 heavy (non-hydrogen) atoms. The molecule has 1 heterocycles. The van der Waals surface area contributed by atoms with E-state index in [1.807, 2.05) is 0 Å². The minimum atomic E-state index is 0.269. The number of nitrogens with one attached hydrogen (secondary N) is 2. The highest BCUT2D eigenvalue weighted by Gasteiger charge is 2.24. The zero-order valence-electron chi connectivity index (χ0n) is 8.78. The quantitative estimate of drug-likeness (QED) is 0.665. The fourth-order valence-corrected chi connectivity index (χ4v) is 1.35. The van der Waals surface area contributed by atoms with Gasteiger partial charge in [-0.2, -0.15) is 0 Å². The Balaban J connectivity index is 2.13. The molecular weight excluding hydrogens is 148 g/mol. The Morgan fingerprint density at radius 2 is 2.00 bits per heavy atom. The van der Waals surface area contributed by atoms with Crippen molar-refractivity contribution in [1.29, 1.82) is 0 Å². The third-order valence-electron chi connectivity index (χ3n) is 2.57. The van der Waals surface area contributed by atoms with E-state index in [-0.39, 0.29) is 5.54 Å². The van der Waals surface area contributed by atoms with Gasteiger partial charge in [0.05, 0.1) is 0 Å². The molecule has 1 aliphatic rings. The van der Waals surface area contributed by atoms with Gasteiger partial charge in [-0.25, -0.2) is 0 Å². The second kappa shape index (κ2) is 3.75. The summed E-state index contributed by atoms with van der Waals surface area (Å²) < 4.78 is 0. The summed E-state index contributed by atoms with van der Waals surface area (Å²) in [7, 11) is 0. The molecule has 1 saturated heterocycles. The van der Waals surface area contributed by atoms with E-state index in [1.54, 1.807) is 0 Å². The normalized spacial score (nSPS) is 22.0. The Morgan fingerprint density at radius 3 is 2.33 bits per heavy atom. The van der Waals surface area contributed by atoms with Crippen LogP contribution in [0.15, 0.2) is 0 Å². The predicted molar refractivity (Wildman–Crippen MR) is 53.3 cm³/mol. The summed E-state index contributed by atoms with van der Waals surface area (Å²) in [5.74, 6) is 1.71. The molecule has 1 fully saturated rings. The summed E-state index contributed by atoms with van der Waals surface area (Å²) in [6.07, 6.45) is 0. The first-order valence-corrected chi connectivity index (χ1v) is 4.95. The van der Waals surface area contributed by atoms with Gasteiger partial charge >= 0.3 is 0 Å². The monoisotopic (exact) mass is 170 g/mol. The van der Waals surface area contributed by atoms with Crippen LogP contribution in [0.1, 0.15) is 27.7 Å². The van der Waals surface area contributed by atoms with E-state index in [1.165, 1.54) is 13.1 Å². The van der Waals surface area contributed by atoms with Crippen molar-refractivity contribution in [2.24, 2.45) is 11.8 Å². The lowest BCUT2D eigenvalue weighted by molar-refractivity contribution is 0.228. The molecule has 1 atom stereocenters. The van der Waals surface area contributed by atoms with Crippen molar-refractivity contribution in [2.45, 2.75) is 33.2 Å². The van der Waals surface area contributed by atoms with E-state index in [4.69, 9.17) is 0 Å². The highest BCUT2D eigenvalue weighted by Crippen LogP contribution is 2.15. The van der Waals surface area contributed by atoms with Crippen LogP contribution in [0, 0.1) is 11.8 Å². The van der Waals surface area contributed by atoms with Crippen molar-refractivity contribution in [3.63, 3.8) is 0 Å². The largest absolute Gasteiger partial charge is 0.316 e. The molecule has 72 valence electrons. The van der Waals surface area contributed by atoms with E-state index < -0.39 is 0 Å². The van der Waals surface area contributed by atoms with Crippen molar-refractivity contribution >= 4 is 0 Å². The molecular formula is C10H22N2.